The molecule has 2 aliphatic rings. The first kappa shape index (κ1) is 22.0. The summed E-state index contributed by atoms with van der Waals surface area (Å²) < 4.78 is 0. The van der Waals surface area contributed by atoms with Gasteiger partial charge in [0.15, 0.2) is 0 Å². The van der Waals surface area contributed by atoms with Crippen molar-refractivity contribution < 1.29 is 0 Å². The third-order valence-electron chi connectivity index (χ3n) is 7.01. The second kappa shape index (κ2) is 10.00. The number of hydrogen-bond donors (Lipinski definition) is 0. The summed E-state index contributed by atoms with van der Waals surface area (Å²) in [4.78, 5) is 9.75. The number of aromatic nitrogens is 1. The van der Waals surface area contributed by atoms with Gasteiger partial charge in [-0.05, 0) is 92.2 Å². The lowest BCUT2D eigenvalue weighted by molar-refractivity contribution is 0.147. The molecule has 0 radical (unpaired) electrons. The van der Waals surface area contributed by atoms with Gasteiger partial charge >= 0.3 is 0 Å². The van der Waals surface area contributed by atoms with E-state index >= 15 is 0 Å². The second-order valence-electron chi connectivity index (χ2n) is 9.34. The third-order valence-corrected chi connectivity index (χ3v) is 7.26. The minimum atomic E-state index is 0.707. The van der Waals surface area contributed by atoms with Crippen LogP contribution in [0.15, 0.2) is 66.9 Å². The molecular weight excluding hydrogens is 426 g/mol. The van der Waals surface area contributed by atoms with Crippen LogP contribution in [0.5, 0.6) is 0 Å². The first-order valence-corrected chi connectivity index (χ1v) is 12.3. The maximum atomic E-state index is 5.97. The summed E-state index contributed by atoms with van der Waals surface area (Å²) in [5.41, 5.74) is 5.25. The molecule has 4 heteroatoms. The van der Waals surface area contributed by atoms with E-state index in [-0.39, 0.29) is 0 Å². The highest BCUT2D eigenvalue weighted by Gasteiger charge is 2.29. The van der Waals surface area contributed by atoms with Crippen LogP contribution in [0.2, 0.25) is 5.02 Å². The van der Waals surface area contributed by atoms with Crippen molar-refractivity contribution in [2.45, 2.75) is 32.2 Å². The van der Waals surface area contributed by atoms with Crippen molar-refractivity contribution in [1.29, 1.82) is 0 Å². The molecular formula is C29H30ClN3. The van der Waals surface area contributed by atoms with Gasteiger partial charge in [-0.3, -0.25) is 4.90 Å². The van der Waals surface area contributed by atoms with Crippen molar-refractivity contribution in [3.63, 3.8) is 0 Å². The number of hydrogen-bond acceptors (Lipinski definition) is 3. The van der Waals surface area contributed by atoms with Crippen molar-refractivity contribution in [3.05, 3.63) is 83.1 Å². The number of likely N-dealkylation sites (tertiary alicyclic amines) is 1. The quantitative estimate of drug-likeness (QED) is 0.444. The van der Waals surface area contributed by atoms with Crippen molar-refractivity contribution >= 4 is 17.3 Å². The Labute approximate surface area is 202 Å². The molecule has 3 heterocycles. The van der Waals surface area contributed by atoms with Gasteiger partial charge in [0, 0.05) is 47.2 Å². The zero-order valence-electron chi connectivity index (χ0n) is 19.2. The maximum absolute atomic E-state index is 5.97. The predicted molar refractivity (Wildman–Crippen MR) is 138 cm³/mol. The number of pyridine rings is 1. The average Bonchev–Trinajstić information content (AvgIpc) is 3.35. The molecule has 2 saturated heterocycles. The average molecular weight is 456 g/mol. The Morgan fingerprint density at radius 3 is 2.24 bits per heavy atom. The number of halogens is 1. The van der Waals surface area contributed by atoms with E-state index in [1.807, 2.05) is 36.5 Å². The molecule has 0 N–H and O–H groups in total. The molecule has 168 valence electrons. The molecule has 0 amide bonds. The van der Waals surface area contributed by atoms with E-state index in [9.17, 15) is 0 Å². The second-order valence-corrected chi connectivity index (χ2v) is 9.78. The molecule has 1 unspecified atom stereocenters. The van der Waals surface area contributed by atoms with Crippen molar-refractivity contribution in [1.82, 2.24) is 9.88 Å². The molecule has 1 atom stereocenters. The molecule has 5 rings (SSSR count). The van der Waals surface area contributed by atoms with E-state index in [0.29, 0.717) is 6.04 Å². The summed E-state index contributed by atoms with van der Waals surface area (Å²) in [6.07, 6.45) is 5.84. The predicted octanol–water partition coefficient (Wildman–Crippen LogP) is 6.11. The number of piperidine rings is 1. The van der Waals surface area contributed by atoms with E-state index < -0.39 is 0 Å². The van der Waals surface area contributed by atoms with Crippen LogP contribution in [0.4, 0.5) is 5.69 Å². The van der Waals surface area contributed by atoms with Gasteiger partial charge in [0.2, 0.25) is 0 Å². The van der Waals surface area contributed by atoms with Crippen LogP contribution in [0.3, 0.4) is 0 Å². The van der Waals surface area contributed by atoms with Crippen LogP contribution < -0.4 is 4.90 Å². The van der Waals surface area contributed by atoms with Crippen molar-refractivity contribution in [3.8, 4) is 23.0 Å². The molecule has 3 nitrogen and oxygen atoms in total. The molecule has 0 saturated carbocycles. The van der Waals surface area contributed by atoms with Crippen LogP contribution in [0.1, 0.15) is 37.4 Å². The molecule has 0 bridgehead atoms. The fourth-order valence-corrected chi connectivity index (χ4v) is 4.97. The monoisotopic (exact) mass is 455 g/mol. The first-order chi connectivity index (χ1) is 16.1. The summed E-state index contributed by atoms with van der Waals surface area (Å²) in [5.74, 6) is 7.33. The molecule has 33 heavy (non-hydrogen) atoms. The summed E-state index contributed by atoms with van der Waals surface area (Å²) in [7, 11) is 0. The highest BCUT2D eigenvalue weighted by Crippen LogP contribution is 2.27. The lowest BCUT2D eigenvalue weighted by Crippen LogP contribution is -2.42. The van der Waals surface area contributed by atoms with Gasteiger partial charge in [-0.25, -0.2) is 4.98 Å². The van der Waals surface area contributed by atoms with Crippen molar-refractivity contribution in [2.75, 3.05) is 31.1 Å². The molecule has 2 aromatic carbocycles. The minimum absolute atomic E-state index is 0.707. The smallest absolute Gasteiger partial charge is 0.113 e. The Balaban J connectivity index is 1.19. The Hall–Kier alpha value is -2.80. The highest BCUT2D eigenvalue weighted by atomic mass is 35.5. The van der Waals surface area contributed by atoms with Gasteiger partial charge in [0.1, 0.15) is 5.69 Å². The summed E-state index contributed by atoms with van der Waals surface area (Å²) in [6.45, 7) is 7.20. The van der Waals surface area contributed by atoms with E-state index in [2.05, 4.69) is 63.9 Å². The van der Waals surface area contributed by atoms with Crippen molar-refractivity contribution in [2.24, 2.45) is 5.92 Å². The largest absolute Gasteiger partial charge is 0.370 e. The van der Waals surface area contributed by atoms with Gasteiger partial charge in [0.25, 0.3) is 0 Å². The SMILES string of the molecule is CC1CCN(C2CCN(c3ccc(C#Cc4ccc(-c5ccc(Cl)cc5)cn4)cc3)C2)CC1. The van der Waals surface area contributed by atoms with Gasteiger partial charge in [-0.2, -0.15) is 0 Å². The third kappa shape index (κ3) is 5.41. The molecule has 3 aromatic rings. The summed E-state index contributed by atoms with van der Waals surface area (Å²) in [5, 5.41) is 0.737. The number of rotatable bonds is 3. The lowest BCUT2D eigenvalue weighted by Gasteiger charge is -2.34. The van der Waals surface area contributed by atoms with Gasteiger partial charge in [0.05, 0.1) is 0 Å². The normalized spacial score (nSPS) is 19.3. The van der Waals surface area contributed by atoms with Gasteiger partial charge < -0.3 is 4.90 Å². The minimum Gasteiger partial charge on any atom is -0.370 e. The van der Waals surface area contributed by atoms with E-state index in [4.69, 9.17) is 11.6 Å². The molecule has 0 aliphatic carbocycles. The summed E-state index contributed by atoms with van der Waals surface area (Å²) in [6, 6.07) is 21.2. The topological polar surface area (TPSA) is 19.4 Å². The Kier molecular flexibility index (Phi) is 6.67. The zero-order valence-corrected chi connectivity index (χ0v) is 19.9. The van der Waals surface area contributed by atoms with Crippen LogP contribution in [-0.2, 0) is 0 Å². The highest BCUT2D eigenvalue weighted by molar-refractivity contribution is 6.30. The molecule has 2 fully saturated rings. The number of nitrogens with zero attached hydrogens (tertiary/aromatic N) is 3. The maximum Gasteiger partial charge on any atom is 0.113 e. The van der Waals surface area contributed by atoms with Gasteiger partial charge in [-0.1, -0.05) is 42.6 Å². The van der Waals surface area contributed by atoms with Crippen LogP contribution in [-0.4, -0.2) is 42.1 Å². The molecule has 1 aromatic heterocycles. The van der Waals surface area contributed by atoms with Gasteiger partial charge in [-0.15, -0.1) is 0 Å². The summed E-state index contributed by atoms with van der Waals surface area (Å²) >= 11 is 5.97. The standard InChI is InChI=1S/C29H30ClN3/c1-22-14-17-32(18-15-22)29-16-19-33(21-29)28-12-3-23(4-13-28)2-10-27-11-7-25(20-31-27)24-5-8-26(30)9-6-24/h3-9,11-13,20,22,29H,14-19,21H2,1H3. The number of benzene rings is 2. The molecule has 2 aliphatic heterocycles. The van der Waals surface area contributed by atoms with Crippen LogP contribution >= 0.6 is 11.6 Å². The molecule has 0 spiro atoms. The fraction of sp³-hybridized carbons (Fsp3) is 0.345. The number of anilines is 1. The Morgan fingerprint density at radius 2 is 1.55 bits per heavy atom. The lowest BCUT2D eigenvalue weighted by atomic mass is 9.98. The van der Waals surface area contributed by atoms with Crippen LogP contribution in [0.25, 0.3) is 11.1 Å². The van der Waals surface area contributed by atoms with Crippen LogP contribution in [0, 0.1) is 17.8 Å². The van der Waals surface area contributed by atoms with E-state index in [1.54, 1.807) is 0 Å². The first-order valence-electron chi connectivity index (χ1n) is 12.0. The van der Waals surface area contributed by atoms with E-state index in [0.717, 1.165) is 46.4 Å². The Morgan fingerprint density at radius 1 is 0.818 bits per heavy atom. The zero-order chi connectivity index (χ0) is 22.6. The Bertz CT molecular complexity index is 1120. The van der Waals surface area contributed by atoms with E-state index in [1.165, 1.54) is 38.0 Å². The fourth-order valence-electron chi connectivity index (χ4n) is 4.84.